The summed E-state index contributed by atoms with van der Waals surface area (Å²) in [6, 6.07) is 2.03. The minimum absolute atomic E-state index is 0.0305. The average Bonchev–Trinajstić information content (AvgIpc) is 2.69. The molecular weight excluding hydrogens is 294 g/mol. The van der Waals surface area contributed by atoms with Crippen LogP contribution in [0, 0.1) is 12.8 Å². The first-order valence-corrected chi connectivity index (χ1v) is 7.53. The summed E-state index contributed by atoms with van der Waals surface area (Å²) in [6.45, 7) is 8.84. The SMILES string of the molecule is CCn1nc(C)cc1C(=O)NC(CCBr)C(C)C. The van der Waals surface area contributed by atoms with Gasteiger partial charge in [0.05, 0.1) is 5.69 Å². The van der Waals surface area contributed by atoms with E-state index in [-0.39, 0.29) is 11.9 Å². The molecule has 0 spiro atoms. The number of nitrogens with zero attached hydrogens (tertiary/aromatic N) is 2. The van der Waals surface area contributed by atoms with Crippen LogP contribution in [0.25, 0.3) is 0 Å². The predicted octanol–water partition coefficient (Wildman–Crippen LogP) is 2.75. The standard InChI is InChI=1S/C13H22BrN3O/c1-5-17-12(8-10(4)16-17)13(18)15-11(6-7-14)9(2)3/h8-9,11H,5-7H2,1-4H3,(H,15,18). The molecule has 0 fully saturated rings. The lowest BCUT2D eigenvalue weighted by Crippen LogP contribution is -2.39. The molecule has 1 N–H and O–H groups in total. The van der Waals surface area contributed by atoms with E-state index in [2.05, 4.69) is 40.2 Å². The molecule has 0 bridgehead atoms. The second-order valence-electron chi connectivity index (χ2n) is 4.79. The van der Waals surface area contributed by atoms with Crippen LogP contribution in [0.5, 0.6) is 0 Å². The molecule has 4 nitrogen and oxygen atoms in total. The summed E-state index contributed by atoms with van der Waals surface area (Å²) in [5, 5.41) is 8.28. The monoisotopic (exact) mass is 315 g/mol. The summed E-state index contributed by atoms with van der Waals surface area (Å²) in [7, 11) is 0. The predicted molar refractivity (Wildman–Crippen MR) is 77.1 cm³/mol. The molecule has 0 aliphatic rings. The smallest absolute Gasteiger partial charge is 0.269 e. The second-order valence-corrected chi connectivity index (χ2v) is 5.58. The van der Waals surface area contributed by atoms with E-state index in [1.165, 1.54) is 0 Å². The van der Waals surface area contributed by atoms with Gasteiger partial charge in [0.2, 0.25) is 0 Å². The molecule has 18 heavy (non-hydrogen) atoms. The number of halogens is 1. The molecule has 1 atom stereocenters. The number of nitrogens with one attached hydrogen (secondary N) is 1. The molecule has 1 amide bonds. The van der Waals surface area contributed by atoms with Crippen LogP contribution in [-0.2, 0) is 6.54 Å². The molecular formula is C13H22BrN3O. The number of carbonyl (C=O) groups is 1. The third kappa shape index (κ3) is 3.83. The number of rotatable bonds is 6. The van der Waals surface area contributed by atoms with Crippen molar-refractivity contribution in [2.75, 3.05) is 5.33 Å². The Balaban J connectivity index is 2.79. The summed E-state index contributed by atoms with van der Waals surface area (Å²) in [5.41, 5.74) is 1.53. The van der Waals surface area contributed by atoms with Crippen LogP contribution in [0.1, 0.15) is 43.4 Å². The Hall–Kier alpha value is -0.840. The number of aromatic nitrogens is 2. The van der Waals surface area contributed by atoms with Crippen LogP contribution in [0.4, 0.5) is 0 Å². The molecule has 1 rings (SSSR count). The minimum Gasteiger partial charge on any atom is -0.348 e. The van der Waals surface area contributed by atoms with Gasteiger partial charge in [0.15, 0.2) is 0 Å². The molecule has 0 aliphatic heterocycles. The largest absolute Gasteiger partial charge is 0.348 e. The van der Waals surface area contributed by atoms with Gasteiger partial charge in [-0.2, -0.15) is 5.10 Å². The molecule has 1 aromatic heterocycles. The van der Waals surface area contributed by atoms with Gasteiger partial charge >= 0.3 is 0 Å². The van der Waals surface area contributed by atoms with Crippen LogP contribution < -0.4 is 5.32 Å². The highest BCUT2D eigenvalue weighted by molar-refractivity contribution is 9.09. The fraction of sp³-hybridized carbons (Fsp3) is 0.692. The highest BCUT2D eigenvalue weighted by Gasteiger charge is 2.19. The Morgan fingerprint density at radius 2 is 2.22 bits per heavy atom. The maximum absolute atomic E-state index is 12.2. The van der Waals surface area contributed by atoms with Gasteiger partial charge in [-0.3, -0.25) is 9.48 Å². The Labute approximate surface area is 117 Å². The fourth-order valence-corrected chi connectivity index (χ4v) is 2.39. The van der Waals surface area contributed by atoms with Gasteiger partial charge in [0, 0.05) is 17.9 Å². The second kappa shape index (κ2) is 6.92. The van der Waals surface area contributed by atoms with Crippen molar-refractivity contribution >= 4 is 21.8 Å². The minimum atomic E-state index is -0.0305. The van der Waals surface area contributed by atoms with Crippen molar-refractivity contribution in [2.24, 2.45) is 5.92 Å². The van der Waals surface area contributed by atoms with Crippen LogP contribution in [0.3, 0.4) is 0 Å². The molecule has 0 aromatic carbocycles. The van der Waals surface area contributed by atoms with Gasteiger partial charge in [-0.05, 0) is 32.3 Å². The maximum atomic E-state index is 12.2. The van der Waals surface area contributed by atoms with Crippen molar-refractivity contribution < 1.29 is 4.79 Å². The van der Waals surface area contributed by atoms with Gasteiger partial charge < -0.3 is 5.32 Å². The van der Waals surface area contributed by atoms with E-state index in [1.54, 1.807) is 4.68 Å². The van der Waals surface area contributed by atoms with Gasteiger partial charge in [-0.15, -0.1) is 0 Å². The van der Waals surface area contributed by atoms with Gasteiger partial charge in [0.25, 0.3) is 5.91 Å². The Morgan fingerprint density at radius 1 is 1.56 bits per heavy atom. The third-order valence-corrected chi connectivity index (χ3v) is 3.43. The van der Waals surface area contributed by atoms with E-state index in [0.717, 1.165) is 17.4 Å². The molecule has 1 heterocycles. The fourth-order valence-electron chi connectivity index (χ4n) is 1.90. The quantitative estimate of drug-likeness (QED) is 0.820. The Kier molecular flexibility index (Phi) is 5.85. The van der Waals surface area contributed by atoms with Crippen LogP contribution >= 0.6 is 15.9 Å². The first-order valence-electron chi connectivity index (χ1n) is 6.40. The molecule has 0 saturated carbocycles. The van der Waals surface area contributed by atoms with Crippen LogP contribution in [0.2, 0.25) is 0 Å². The molecule has 0 radical (unpaired) electrons. The number of hydrogen-bond acceptors (Lipinski definition) is 2. The summed E-state index contributed by atoms with van der Waals surface area (Å²) in [4.78, 5) is 12.2. The van der Waals surface area contributed by atoms with Crippen LogP contribution in [0.15, 0.2) is 6.07 Å². The maximum Gasteiger partial charge on any atom is 0.269 e. The summed E-state index contributed by atoms with van der Waals surface area (Å²) >= 11 is 3.43. The lowest BCUT2D eigenvalue weighted by Gasteiger charge is -2.21. The number of hydrogen-bond donors (Lipinski definition) is 1. The summed E-state index contributed by atoms with van der Waals surface area (Å²) in [6.07, 6.45) is 0.933. The topological polar surface area (TPSA) is 46.9 Å². The first kappa shape index (κ1) is 15.2. The van der Waals surface area contributed by atoms with E-state index < -0.39 is 0 Å². The van der Waals surface area contributed by atoms with Crippen molar-refractivity contribution in [3.8, 4) is 0 Å². The molecule has 0 aliphatic carbocycles. The Morgan fingerprint density at radius 3 is 2.72 bits per heavy atom. The zero-order valence-corrected chi connectivity index (χ0v) is 13.1. The van der Waals surface area contributed by atoms with E-state index in [1.807, 2.05) is 19.9 Å². The number of aryl methyl sites for hydroxylation is 2. The lowest BCUT2D eigenvalue weighted by molar-refractivity contribution is 0.0914. The summed E-state index contributed by atoms with van der Waals surface area (Å²) < 4.78 is 1.75. The van der Waals surface area contributed by atoms with Gasteiger partial charge in [-0.1, -0.05) is 29.8 Å². The summed E-state index contributed by atoms with van der Waals surface area (Å²) in [5.74, 6) is 0.391. The molecule has 5 heteroatoms. The third-order valence-electron chi connectivity index (χ3n) is 2.98. The normalized spacial score (nSPS) is 12.8. The molecule has 102 valence electrons. The number of alkyl halides is 1. The average molecular weight is 316 g/mol. The van der Waals surface area contributed by atoms with E-state index in [0.29, 0.717) is 18.2 Å². The molecule has 0 saturated heterocycles. The van der Waals surface area contributed by atoms with E-state index in [9.17, 15) is 4.79 Å². The molecule has 1 aromatic rings. The Bertz CT molecular complexity index is 401. The zero-order valence-electron chi connectivity index (χ0n) is 11.5. The zero-order chi connectivity index (χ0) is 13.7. The highest BCUT2D eigenvalue weighted by Crippen LogP contribution is 2.10. The highest BCUT2D eigenvalue weighted by atomic mass is 79.9. The first-order chi connectivity index (χ1) is 8.49. The van der Waals surface area contributed by atoms with Gasteiger partial charge in [0.1, 0.15) is 5.69 Å². The van der Waals surface area contributed by atoms with Crippen LogP contribution in [-0.4, -0.2) is 27.1 Å². The van der Waals surface area contributed by atoms with E-state index >= 15 is 0 Å². The van der Waals surface area contributed by atoms with Crippen molar-refractivity contribution in [1.82, 2.24) is 15.1 Å². The molecule has 1 unspecified atom stereocenters. The number of amides is 1. The van der Waals surface area contributed by atoms with Crippen molar-refractivity contribution in [1.29, 1.82) is 0 Å². The van der Waals surface area contributed by atoms with Gasteiger partial charge in [-0.25, -0.2) is 0 Å². The number of carbonyl (C=O) groups excluding carboxylic acids is 1. The van der Waals surface area contributed by atoms with Crippen molar-refractivity contribution in [2.45, 2.75) is 46.7 Å². The van der Waals surface area contributed by atoms with E-state index in [4.69, 9.17) is 0 Å². The van der Waals surface area contributed by atoms with Crippen molar-refractivity contribution in [3.05, 3.63) is 17.5 Å². The van der Waals surface area contributed by atoms with Crippen molar-refractivity contribution in [3.63, 3.8) is 0 Å². The lowest BCUT2D eigenvalue weighted by atomic mass is 10.0.